The molecular weight excluding hydrogens is 220 g/mol. The first kappa shape index (κ1) is 13.7. The van der Waals surface area contributed by atoms with E-state index in [2.05, 4.69) is 4.98 Å². The number of nitrogens with two attached hydrogens (primary N) is 1. The van der Waals surface area contributed by atoms with E-state index in [-0.39, 0.29) is 30.1 Å². The Kier molecular flexibility index (Phi) is 5.66. The number of aromatic carboxylic acids is 1. The van der Waals surface area contributed by atoms with Crippen LogP contribution in [0.5, 0.6) is 5.88 Å². The normalized spacial score (nSPS) is 11.3. The maximum Gasteiger partial charge on any atom is 0.354 e. The number of carboxylic acid groups (broad SMARTS) is 1. The molecule has 0 aliphatic rings. The molecule has 0 fully saturated rings. The fourth-order valence-electron chi connectivity index (χ4n) is 0.854. The minimum Gasteiger partial charge on any atom is -0.477 e. The van der Waals surface area contributed by atoms with Crippen LogP contribution in [0.4, 0.5) is 0 Å². The van der Waals surface area contributed by atoms with Gasteiger partial charge in [-0.1, -0.05) is 6.07 Å². The highest BCUT2D eigenvalue weighted by Gasteiger charge is 2.07. The highest BCUT2D eigenvalue weighted by Crippen LogP contribution is 2.09. The third-order valence-electron chi connectivity index (χ3n) is 1.60. The van der Waals surface area contributed by atoms with Gasteiger partial charge in [-0.15, -0.1) is 12.4 Å². The number of hydrogen-bond acceptors (Lipinski definition) is 4. The van der Waals surface area contributed by atoms with Crippen LogP contribution in [0, 0.1) is 0 Å². The number of rotatable bonds is 4. The van der Waals surface area contributed by atoms with Crippen LogP contribution in [-0.2, 0) is 0 Å². The molecule has 1 unspecified atom stereocenters. The predicted octanol–water partition coefficient (Wildman–Crippen LogP) is 0.928. The minimum atomic E-state index is -1.07. The first-order valence-corrected chi connectivity index (χ1v) is 4.20. The van der Waals surface area contributed by atoms with Gasteiger partial charge in [0.1, 0.15) is 6.10 Å². The van der Waals surface area contributed by atoms with Crippen molar-refractivity contribution in [3.05, 3.63) is 23.9 Å². The highest BCUT2D eigenvalue weighted by atomic mass is 35.5. The summed E-state index contributed by atoms with van der Waals surface area (Å²) >= 11 is 0. The van der Waals surface area contributed by atoms with Gasteiger partial charge in [0, 0.05) is 12.6 Å². The smallest absolute Gasteiger partial charge is 0.354 e. The lowest BCUT2D eigenvalue weighted by Gasteiger charge is -2.11. The summed E-state index contributed by atoms with van der Waals surface area (Å²) in [7, 11) is 0. The van der Waals surface area contributed by atoms with Crippen LogP contribution in [0.25, 0.3) is 0 Å². The topological polar surface area (TPSA) is 85.4 Å². The molecule has 0 bridgehead atoms. The molecule has 0 saturated carbocycles. The first-order chi connectivity index (χ1) is 6.63. The van der Waals surface area contributed by atoms with Gasteiger partial charge in [-0.25, -0.2) is 9.78 Å². The van der Waals surface area contributed by atoms with Crippen molar-refractivity contribution in [1.82, 2.24) is 4.98 Å². The number of pyridine rings is 1. The van der Waals surface area contributed by atoms with Crippen LogP contribution in [0.1, 0.15) is 17.4 Å². The van der Waals surface area contributed by atoms with Crippen LogP contribution in [-0.4, -0.2) is 28.7 Å². The molecule has 0 radical (unpaired) electrons. The number of nitrogens with zero attached hydrogens (tertiary/aromatic N) is 1. The molecule has 1 heterocycles. The van der Waals surface area contributed by atoms with Gasteiger partial charge in [0.15, 0.2) is 5.69 Å². The predicted molar refractivity (Wildman–Crippen MR) is 57.6 cm³/mol. The summed E-state index contributed by atoms with van der Waals surface area (Å²) in [6.45, 7) is 2.15. The van der Waals surface area contributed by atoms with E-state index in [0.29, 0.717) is 6.54 Å². The zero-order chi connectivity index (χ0) is 10.6. The summed E-state index contributed by atoms with van der Waals surface area (Å²) in [4.78, 5) is 14.3. The maximum atomic E-state index is 10.6. The summed E-state index contributed by atoms with van der Waals surface area (Å²) < 4.78 is 5.25. The SMILES string of the molecule is CC(CN)Oc1cccc(C(=O)O)n1.Cl. The van der Waals surface area contributed by atoms with Gasteiger partial charge in [-0.2, -0.15) is 0 Å². The fraction of sp³-hybridized carbons (Fsp3) is 0.333. The van der Waals surface area contributed by atoms with Gasteiger partial charge < -0.3 is 15.6 Å². The molecular formula is C9H13ClN2O3. The number of halogens is 1. The number of hydrogen-bond donors (Lipinski definition) is 2. The molecule has 3 N–H and O–H groups in total. The minimum absolute atomic E-state index is 0. The van der Waals surface area contributed by atoms with Gasteiger partial charge in [-0.05, 0) is 13.0 Å². The van der Waals surface area contributed by atoms with Crippen LogP contribution in [0.15, 0.2) is 18.2 Å². The van der Waals surface area contributed by atoms with E-state index >= 15 is 0 Å². The van der Waals surface area contributed by atoms with E-state index in [1.54, 1.807) is 19.1 Å². The van der Waals surface area contributed by atoms with Gasteiger partial charge in [0.05, 0.1) is 0 Å². The third kappa shape index (κ3) is 4.14. The molecule has 1 aromatic heterocycles. The largest absolute Gasteiger partial charge is 0.477 e. The van der Waals surface area contributed by atoms with E-state index < -0.39 is 5.97 Å². The van der Waals surface area contributed by atoms with Crippen molar-refractivity contribution < 1.29 is 14.6 Å². The molecule has 5 nitrogen and oxygen atoms in total. The maximum absolute atomic E-state index is 10.6. The molecule has 84 valence electrons. The lowest BCUT2D eigenvalue weighted by Crippen LogP contribution is -2.23. The molecule has 0 aliphatic carbocycles. The average molecular weight is 233 g/mol. The lowest BCUT2D eigenvalue weighted by molar-refractivity contribution is 0.0688. The lowest BCUT2D eigenvalue weighted by atomic mass is 10.3. The van der Waals surface area contributed by atoms with Crippen molar-refractivity contribution in [2.24, 2.45) is 5.73 Å². The zero-order valence-corrected chi connectivity index (χ0v) is 9.03. The van der Waals surface area contributed by atoms with Gasteiger partial charge in [0.25, 0.3) is 0 Å². The first-order valence-electron chi connectivity index (χ1n) is 4.20. The fourth-order valence-corrected chi connectivity index (χ4v) is 0.854. The van der Waals surface area contributed by atoms with E-state index in [1.807, 2.05) is 0 Å². The molecule has 0 aromatic carbocycles. The Hall–Kier alpha value is -1.33. The van der Waals surface area contributed by atoms with Crippen LogP contribution < -0.4 is 10.5 Å². The van der Waals surface area contributed by atoms with Crippen LogP contribution in [0.2, 0.25) is 0 Å². The zero-order valence-electron chi connectivity index (χ0n) is 8.21. The summed E-state index contributed by atoms with van der Waals surface area (Å²) in [5, 5.41) is 8.66. The summed E-state index contributed by atoms with van der Waals surface area (Å²) in [5.74, 6) is -0.793. The molecule has 0 saturated heterocycles. The monoisotopic (exact) mass is 232 g/mol. The Bertz CT molecular complexity index is 333. The van der Waals surface area contributed by atoms with E-state index in [1.165, 1.54) is 6.07 Å². The van der Waals surface area contributed by atoms with Gasteiger partial charge in [-0.3, -0.25) is 0 Å². The summed E-state index contributed by atoms with van der Waals surface area (Å²) in [6.07, 6.45) is -0.174. The van der Waals surface area contributed by atoms with E-state index in [0.717, 1.165) is 0 Å². The van der Waals surface area contributed by atoms with Crippen molar-refractivity contribution >= 4 is 18.4 Å². The summed E-state index contributed by atoms with van der Waals surface area (Å²) in [6, 6.07) is 4.58. The van der Waals surface area contributed by atoms with Gasteiger partial charge >= 0.3 is 5.97 Å². The average Bonchev–Trinajstić information content (AvgIpc) is 2.18. The van der Waals surface area contributed by atoms with E-state index in [4.69, 9.17) is 15.6 Å². The van der Waals surface area contributed by atoms with Crippen LogP contribution in [0.3, 0.4) is 0 Å². The number of carbonyl (C=O) groups is 1. The molecule has 0 amide bonds. The molecule has 0 aliphatic heterocycles. The molecule has 1 rings (SSSR count). The second-order valence-electron chi connectivity index (χ2n) is 2.83. The number of carboxylic acids is 1. The second kappa shape index (κ2) is 6.21. The Morgan fingerprint density at radius 1 is 1.67 bits per heavy atom. The quantitative estimate of drug-likeness (QED) is 0.807. The van der Waals surface area contributed by atoms with Crippen molar-refractivity contribution in [2.45, 2.75) is 13.0 Å². The Balaban J connectivity index is 0.00000196. The molecule has 1 aromatic rings. The number of ether oxygens (including phenoxy) is 1. The third-order valence-corrected chi connectivity index (χ3v) is 1.60. The Morgan fingerprint density at radius 3 is 2.87 bits per heavy atom. The standard InChI is InChI=1S/C9H12N2O3.ClH/c1-6(5-10)14-8-4-2-3-7(11-8)9(12)13;/h2-4,6H,5,10H2,1H3,(H,12,13);1H. The molecule has 15 heavy (non-hydrogen) atoms. The van der Waals surface area contributed by atoms with Crippen molar-refractivity contribution in [2.75, 3.05) is 6.54 Å². The van der Waals surface area contributed by atoms with Crippen LogP contribution >= 0.6 is 12.4 Å². The van der Waals surface area contributed by atoms with Crippen molar-refractivity contribution in [3.8, 4) is 5.88 Å². The van der Waals surface area contributed by atoms with E-state index in [9.17, 15) is 4.79 Å². The second-order valence-corrected chi connectivity index (χ2v) is 2.83. The molecule has 1 atom stereocenters. The van der Waals surface area contributed by atoms with Crippen molar-refractivity contribution in [3.63, 3.8) is 0 Å². The summed E-state index contributed by atoms with van der Waals surface area (Å²) in [5.41, 5.74) is 5.31. The van der Waals surface area contributed by atoms with Crippen molar-refractivity contribution in [1.29, 1.82) is 0 Å². The highest BCUT2D eigenvalue weighted by molar-refractivity contribution is 5.85. The Labute approximate surface area is 93.7 Å². The molecule has 6 heteroatoms. The Morgan fingerprint density at radius 2 is 2.33 bits per heavy atom. The molecule has 0 spiro atoms. The number of aromatic nitrogens is 1. The van der Waals surface area contributed by atoms with Gasteiger partial charge in [0.2, 0.25) is 5.88 Å².